The number of hydrogen-bond acceptors (Lipinski definition) is 5. The van der Waals surface area contributed by atoms with Gasteiger partial charge in [0.15, 0.2) is 6.10 Å². The van der Waals surface area contributed by atoms with Crippen LogP contribution < -0.4 is 9.47 Å². The molecule has 0 unspecified atom stereocenters. The highest BCUT2D eigenvalue weighted by molar-refractivity contribution is 5.79. The minimum atomic E-state index is -4.71. The summed E-state index contributed by atoms with van der Waals surface area (Å²) in [5.41, 5.74) is 1.54. The van der Waals surface area contributed by atoms with Crippen LogP contribution in [0.25, 0.3) is 0 Å². The predicted octanol–water partition coefficient (Wildman–Crippen LogP) is 4.14. The predicted molar refractivity (Wildman–Crippen MR) is 78.6 cm³/mol. The van der Waals surface area contributed by atoms with Gasteiger partial charge in [0.05, 0.1) is 12.6 Å². The van der Waals surface area contributed by atoms with Crippen LogP contribution in [0.15, 0.2) is 47.8 Å². The Morgan fingerprint density at radius 1 is 1.08 bits per heavy atom. The Labute approximate surface area is 135 Å². The molecule has 0 saturated carbocycles. The van der Waals surface area contributed by atoms with Gasteiger partial charge in [-0.25, -0.2) is 0 Å². The van der Waals surface area contributed by atoms with Gasteiger partial charge in [-0.2, -0.15) is 0 Å². The van der Waals surface area contributed by atoms with E-state index in [9.17, 15) is 13.2 Å². The maximum atomic E-state index is 12.1. The van der Waals surface area contributed by atoms with Crippen LogP contribution >= 0.6 is 0 Å². The van der Waals surface area contributed by atoms with E-state index in [0.717, 1.165) is 5.69 Å². The van der Waals surface area contributed by atoms with Crippen molar-refractivity contribution in [1.82, 2.24) is 4.98 Å². The summed E-state index contributed by atoms with van der Waals surface area (Å²) in [5, 5.41) is 3.85. The lowest BCUT2D eigenvalue weighted by molar-refractivity contribution is -0.274. The second-order valence-electron chi connectivity index (χ2n) is 5.14. The maximum absolute atomic E-state index is 12.1. The van der Waals surface area contributed by atoms with Crippen LogP contribution in [0.5, 0.6) is 11.5 Å². The number of ether oxygens (including phenoxy) is 2. The summed E-state index contributed by atoms with van der Waals surface area (Å²) in [6.07, 6.45) is -3.18. The van der Waals surface area contributed by atoms with E-state index in [2.05, 4.69) is 14.9 Å². The Morgan fingerprint density at radius 2 is 1.79 bits per heavy atom. The van der Waals surface area contributed by atoms with Crippen molar-refractivity contribution in [3.8, 4) is 11.5 Å². The highest BCUT2D eigenvalue weighted by Gasteiger charge is 2.31. The molecule has 2 aromatic rings. The van der Waals surface area contributed by atoms with E-state index in [1.807, 2.05) is 13.0 Å². The average Bonchev–Trinajstić information content (AvgIpc) is 2.97. The molecule has 1 atom stereocenters. The van der Waals surface area contributed by atoms with E-state index in [4.69, 9.17) is 9.57 Å². The number of nitrogens with zero attached hydrogens (tertiary/aromatic N) is 2. The molecule has 0 bridgehead atoms. The van der Waals surface area contributed by atoms with E-state index < -0.39 is 12.5 Å². The molecule has 0 saturated heterocycles. The van der Waals surface area contributed by atoms with E-state index in [1.54, 1.807) is 12.3 Å². The number of pyridine rings is 1. The summed E-state index contributed by atoms with van der Waals surface area (Å²) in [4.78, 5) is 9.38. The molecule has 2 heterocycles. The molecule has 0 fully saturated rings. The molecular formula is C16H13F3N2O3. The molecule has 8 heteroatoms. The Bertz CT molecular complexity index is 728. The average molecular weight is 338 g/mol. The smallest absolute Gasteiger partial charge is 0.438 e. The number of halogens is 3. The fraction of sp³-hybridized carbons (Fsp3) is 0.250. The van der Waals surface area contributed by atoms with Crippen LogP contribution in [0.3, 0.4) is 0 Å². The number of rotatable bonds is 3. The molecule has 0 spiro atoms. The number of alkyl halides is 3. The van der Waals surface area contributed by atoms with E-state index in [1.165, 1.54) is 24.3 Å². The van der Waals surface area contributed by atoms with Gasteiger partial charge in [-0.05, 0) is 36.8 Å². The van der Waals surface area contributed by atoms with E-state index in [0.29, 0.717) is 23.6 Å². The monoisotopic (exact) mass is 338 g/mol. The Balaban J connectivity index is 1.59. The molecule has 3 rings (SSSR count). The third kappa shape index (κ3) is 4.15. The molecule has 1 aromatic carbocycles. The summed E-state index contributed by atoms with van der Waals surface area (Å²) >= 11 is 0. The lowest BCUT2D eigenvalue weighted by Gasteiger charge is -2.11. The van der Waals surface area contributed by atoms with Gasteiger partial charge in [0.1, 0.15) is 11.5 Å². The molecule has 0 radical (unpaired) electrons. The second-order valence-corrected chi connectivity index (χ2v) is 5.14. The molecule has 5 nitrogen and oxygen atoms in total. The van der Waals surface area contributed by atoms with Crippen molar-refractivity contribution in [2.24, 2.45) is 5.16 Å². The highest BCUT2D eigenvalue weighted by Crippen LogP contribution is 2.30. The minimum absolute atomic E-state index is 0.285. The third-order valence-electron chi connectivity index (χ3n) is 3.25. The van der Waals surface area contributed by atoms with Crippen molar-refractivity contribution in [3.05, 3.63) is 53.9 Å². The van der Waals surface area contributed by atoms with Gasteiger partial charge < -0.3 is 14.3 Å². The van der Waals surface area contributed by atoms with Gasteiger partial charge in [-0.1, -0.05) is 17.3 Å². The summed E-state index contributed by atoms with van der Waals surface area (Å²) in [5.74, 6) is 0.631. The van der Waals surface area contributed by atoms with Gasteiger partial charge in [-0.15, -0.1) is 13.2 Å². The van der Waals surface area contributed by atoms with Gasteiger partial charge >= 0.3 is 6.36 Å². The molecule has 24 heavy (non-hydrogen) atoms. The zero-order valence-corrected chi connectivity index (χ0v) is 12.6. The van der Waals surface area contributed by atoms with Gasteiger partial charge in [0.2, 0.25) is 5.90 Å². The quantitative estimate of drug-likeness (QED) is 0.844. The first kappa shape index (κ1) is 16.1. The number of aromatic nitrogens is 1. The number of hydrogen-bond donors (Lipinski definition) is 0. The molecule has 126 valence electrons. The number of aryl methyl sites for hydroxylation is 1. The van der Waals surface area contributed by atoms with Crippen LogP contribution in [0.2, 0.25) is 0 Å². The van der Waals surface area contributed by atoms with Crippen molar-refractivity contribution < 1.29 is 27.5 Å². The Kier molecular flexibility index (Phi) is 4.28. The maximum Gasteiger partial charge on any atom is 0.573 e. The minimum Gasteiger partial charge on any atom is -0.438 e. The standard InChI is InChI=1S/C16H13F3N2O3/c1-10-2-5-13(9-20-10)22-15-8-14(24-21-15)11-3-6-12(7-4-11)23-16(17,18)19/h2-7,9,14H,8H2,1H3/t14-/m1/s1. The summed E-state index contributed by atoms with van der Waals surface area (Å²) in [7, 11) is 0. The number of benzene rings is 1. The lowest BCUT2D eigenvalue weighted by atomic mass is 10.1. The molecule has 0 aliphatic carbocycles. The molecule has 0 N–H and O–H groups in total. The SMILES string of the molecule is Cc1ccc(OC2=NO[C@@H](c3ccc(OC(F)(F)F)cc3)C2)cn1. The third-order valence-corrected chi connectivity index (χ3v) is 3.25. The van der Waals surface area contributed by atoms with Crippen LogP contribution in [-0.2, 0) is 4.84 Å². The van der Waals surface area contributed by atoms with Gasteiger partial charge in [0, 0.05) is 5.69 Å². The molecule has 1 aliphatic rings. The summed E-state index contributed by atoms with van der Waals surface area (Å²) < 4.78 is 45.8. The highest BCUT2D eigenvalue weighted by atomic mass is 19.4. The van der Waals surface area contributed by atoms with E-state index in [-0.39, 0.29) is 5.75 Å². The van der Waals surface area contributed by atoms with Gasteiger partial charge in [0.25, 0.3) is 0 Å². The fourth-order valence-corrected chi connectivity index (χ4v) is 2.13. The van der Waals surface area contributed by atoms with Crippen LogP contribution in [0.1, 0.15) is 23.8 Å². The first-order chi connectivity index (χ1) is 11.4. The van der Waals surface area contributed by atoms with Crippen molar-refractivity contribution in [2.45, 2.75) is 25.8 Å². The zero-order chi connectivity index (χ0) is 17.2. The largest absolute Gasteiger partial charge is 0.573 e. The second kappa shape index (κ2) is 6.38. The van der Waals surface area contributed by atoms with Crippen molar-refractivity contribution in [3.63, 3.8) is 0 Å². The molecule has 1 aliphatic heterocycles. The fourth-order valence-electron chi connectivity index (χ4n) is 2.13. The zero-order valence-electron chi connectivity index (χ0n) is 12.6. The Hall–Kier alpha value is -2.77. The van der Waals surface area contributed by atoms with Crippen molar-refractivity contribution >= 4 is 5.90 Å². The molecular weight excluding hydrogens is 325 g/mol. The van der Waals surface area contributed by atoms with Crippen molar-refractivity contribution in [1.29, 1.82) is 0 Å². The van der Waals surface area contributed by atoms with Crippen LogP contribution in [-0.4, -0.2) is 17.2 Å². The van der Waals surface area contributed by atoms with Crippen LogP contribution in [0.4, 0.5) is 13.2 Å². The first-order valence-corrected chi connectivity index (χ1v) is 7.08. The lowest BCUT2D eigenvalue weighted by Crippen LogP contribution is -2.17. The Morgan fingerprint density at radius 3 is 2.42 bits per heavy atom. The van der Waals surface area contributed by atoms with Gasteiger partial charge in [-0.3, -0.25) is 4.98 Å². The van der Waals surface area contributed by atoms with E-state index >= 15 is 0 Å². The topological polar surface area (TPSA) is 52.9 Å². The first-order valence-electron chi connectivity index (χ1n) is 7.08. The summed E-state index contributed by atoms with van der Waals surface area (Å²) in [6, 6.07) is 9.03. The molecule has 1 aromatic heterocycles. The summed E-state index contributed by atoms with van der Waals surface area (Å²) in [6.45, 7) is 1.86. The normalized spacial score (nSPS) is 17.2. The number of oxime groups is 1. The van der Waals surface area contributed by atoms with Crippen LogP contribution in [0, 0.1) is 6.92 Å². The molecule has 0 amide bonds. The van der Waals surface area contributed by atoms with Crippen molar-refractivity contribution in [2.75, 3.05) is 0 Å².